The van der Waals surface area contributed by atoms with Gasteiger partial charge < -0.3 is 14.5 Å². The molecule has 26 heavy (non-hydrogen) atoms. The van der Waals surface area contributed by atoms with Crippen molar-refractivity contribution in [3.63, 3.8) is 0 Å². The number of anilines is 1. The van der Waals surface area contributed by atoms with Crippen molar-refractivity contribution in [2.75, 3.05) is 5.32 Å². The van der Waals surface area contributed by atoms with Crippen molar-refractivity contribution in [2.45, 2.75) is 32.8 Å². The van der Waals surface area contributed by atoms with Crippen LogP contribution in [0.2, 0.25) is 0 Å². The molecule has 1 unspecified atom stereocenters. The molecule has 1 aromatic heterocycles. The summed E-state index contributed by atoms with van der Waals surface area (Å²) in [7, 11) is 0. The monoisotopic (exact) mass is 352 g/mol. The molecule has 1 amide bonds. The third-order valence-electron chi connectivity index (χ3n) is 4.06. The zero-order chi connectivity index (χ0) is 18.7. The number of nitrogens with zero attached hydrogens (tertiary/aromatic N) is 1. The van der Waals surface area contributed by atoms with Crippen LogP contribution in [-0.2, 0) is 9.53 Å². The Hall–Kier alpha value is -3.15. The van der Waals surface area contributed by atoms with Crippen molar-refractivity contribution in [1.29, 1.82) is 0 Å². The molecule has 0 radical (unpaired) electrons. The summed E-state index contributed by atoms with van der Waals surface area (Å²) in [5, 5.41) is 2.75. The van der Waals surface area contributed by atoms with E-state index in [2.05, 4.69) is 24.1 Å². The average molecular weight is 352 g/mol. The van der Waals surface area contributed by atoms with E-state index >= 15 is 0 Å². The quantitative estimate of drug-likeness (QED) is 0.698. The first-order valence-corrected chi connectivity index (χ1v) is 8.39. The van der Waals surface area contributed by atoms with Crippen molar-refractivity contribution in [2.24, 2.45) is 0 Å². The Bertz CT molecular complexity index is 928. The van der Waals surface area contributed by atoms with Crippen LogP contribution in [0.3, 0.4) is 0 Å². The van der Waals surface area contributed by atoms with Gasteiger partial charge in [-0.2, -0.15) is 0 Å². The summed E-state index contributed by atoms with van der Waals surface area (Å²) in [6.07, 6.45) is 0.373. The van der Waals surface area contributed by atoms with E-state index in [4.69, 9.17) is 9.15 Å². The van der Waals surface area contributed by atoms with Gasteiger partial charge in [0.15, 0.2) is 18.1 Å². The van der Waals surface area contributed by atoms with Gasteiger partial charge in [-0.3, -0.25) is 4.79 Å². The highest BCUT2D eigenvalue weighted by molar-refractivity contribution is 5.98. The standard InChI is InChI=1S/C20H20N2O4/c1-12(2)14-4-7-16(8-5-14)22-19(23)13(3)26-20(24)15-6-9-17-18(10-15)25-11-21-17/h4-13H,1-3H3,(H,22,23). The van der Waals surface area contributed by atoms with Gasteiger partial charge in [-0.15, -0.1) is 0 Å². The second-order valence-corrected chi connectivity index (χ2v) is 6.35. The van der Waals surface area contributed by atoms with E-state index in [1.807, 2.05) is 24.3 Å². The van der Waals surface area contributed by atoms with Crippen molar-refractivity contribution < 1.29 is 18.7 Å². The van der Waals surface area contributed by atoms with Crippen LogP contribution in [0.1, 0.15) is 42.6 Å². The van der Waals surface area contributed by atoms with Crippen LogP contribution in [0, 0.1) is 0 Å². The van der Waals surface area contributed by atoms with Crippen molar-refractivity contribution in [1.82, 2.24) is 4.98 Å². The lowest BCUT2D eigenvalue weighted by Crippen LogP contribution is -2.30. The number of amides is 1. The van der Waals surface area contributed by atoms with Gasteiger partial charge in [-0.1, -0.05) is 26.0 Å². The molecule has 0 bridgehead atoms. The van der Waals surface area contributed by atoms with E-state index in [0.717, 1.165) is 0 Å². The number of esters is 1. The third-order valence-corrected chi connectivity index (χ3v) is 4.06. The van der Waals surface area contributed by atoms with Crippen LogP contribution in [0.5, 0.6) is 0 Å². The number of hydrogen-bond acceptors (Lipinski definition) is 5. The number of nitrogens with one attached hydrogen (secondary N) is 1. The van der Waals surface area contributed by atoms with Gasteiger partial charge in [-0.25, -0.2) is 9.78 Å². The van der Waals surface area contributed by atoms with Crippen LogP contribution in [0.25, 0.3) is 11.1 Å². The summed E-state index contributed by atoms with van der Waals surface area (Å²) in [4.78, 5) is 28.5. The predicted molar refractivity (Wildman–Crippen MR) is 98.0 cm³/mol. The maximum atomic E-state index is 12.3. The second-order valence-electron chi connectivity index (χ2n) is 6.35. The van der Waals surface area contributed by atoms with Crippen molar-refractivity contribution >= 4 is 28.7 Å². The van der Waals surface area contributed by atoms with Crippen LogP contribution < -0.4 is 5.32 Å². The number of hydrogen-bond donors (Lipinski definition) is 1. The smallest absolute Gasteiger partial charge is 0.339 e. The molecule has 0 fully saturated rings. The zero-order valence-corrected chi connectivity index (χ0v) is 14.9. The molecule has 0 aliphatic rings. The highest BCUT2D eigenvalue weighted by atomic mass is 16.5. The van der Waals surface area contributed by atoms with Gasteiger partial charge in [-0.05, 0) is 48.7 Å². The molecule has 0 aliphatic carbocycles. The Labute approximate surface area is 151 Å². The number of fused-ring (bicyclic) bond motifs is 1. The molecule has 0 spiro atoms. The SMILES string of the molecule is CC(OC(=O)c1ccc2ncoc2c1)C(=O)Nc1ccc(C(C)C)cc1. The topological polar surface area (TPSA) is 81.4 Å². The first-order valence-electron chi connectivity index (χ1n) is 8.39. The molecule has 1 heterocycles. The Balaban J connectivity index is 1.61. The Morgan fingerprint density at radius 3 is 2.50 bits per heavy atom. The number of ether oxygens (including phenoxy) is 1. The fraction of sp³-hybridized carbons (Fsp3) is 0.250. The van der Waals surface area contributed by atoms with Crippen LogP contribution in [0.4, 0.5) is 5.69 Å². The molecular weight excluding hydrogens is 332 g/mol. The molecule has 0 aliphatic heterocycles. The van der Waals surface area contributed by atoms with Crippen LogP contribution >= 0.6 is 0 Å². The molecule has 134 valence electrons. The maximum absolute atomic E-state index is 12.3. The first-order chi connectivity index (χ1) is 12.4. The minimum Gasteiger partial charge on any atom is -0.449 e. The van der Waals surface area contributed by atoms with Gasteiger partial charge in [0.1, 0.15) is 5.52 Å². The molecule has 6 nitrogen and oxygen atoms in total. The number of carbonyl (C=O) groups is 2. The normalized spacial score (nSPS) is 12.2. The summed E-state index contributed by atoms with van der Waals surface area (Å²) in [6.45, 7) is 5.74. The Morgan fingerprint density at radius 2 is 1.81 bits per heavy atom. The first kappa shape index (κ1) is 17.7. The average Bonchev–Trinajstić information content (AvgIpc) is 3.09. The molecule has 1 N–H and O–H groups in total. The lowest BCUT2D eigenvalue weighted by molar-refractivity contribution is -0.123. The minimum absolute atomic E-state index is 0.301. The van der Waals surface area contributed by atoms with E-state index in [-0.39, 0.29) is 0 Å². The van der Waals surface area contributed by atoms with E-state index in [9.17, 15) is 9.59 Å². The van der Waals surface area contributed by atoms with Gasteiger partial charge in [0, 0.05) is 5.69 Å². The number of carbonyl (C=O) groups excluding carboxylic acids is 2. The van der Waals surface area contributed by atoms with Crippen molar-refractivity contribution in [3.8, 4) is 0 Å². The maximum Gasteiger partial charge on any atom is 0.339 e. The molecule has 0 saturated carbocycles. The highest BCUT2D eigenvalue weighted by Crippen LogP contribution is 2.18. The number of aromatic nitrogens is 1. The summed E-state index contributed by atoms with van der Waals surface area (Å²) >= 11 is 0. The van der Waals surface area contributed by atoms with E-state index < -0.39 is 18.0 Å². The third kappa shape index (κ3) is 3.91. The number of benzene rings is 2. The van der Waals surface area contributed by atoms with Crippen molar-refractivity contribution in [3.05, 3.63) is 60.0 Å². The van der Waals surface area contributed by atoms with Gasteiger partial charge in [0.25, 0.3) is 5.91 Å². The summed E-state index contributed by atoms with van der Waals surface area (Å²) in [6, 6.07) is 12.4. The number of oxazole rings is 1. The van der Waals surface area contributed by atoms with Crippen LogP contribution in [0.15, 0.2) is 53.3 Å². The summed E-state index contributed by atoms with van der Waals surface area (Å²) < 4.78 is 10.4. The van der Waals surface area contributed by atoms with Gasteiger partial charge in [0.2, 0.25) is 0 Å². The molecule has 1 atom stereocenters. The molecule has 3 rings (SSSR count). The van der Waals surface area contributed by atoms with Gasteiger partial charge in [0.05, 0.1) is 5.56 Å². The Morgan fingerprint density at radius 1 is 1.08 bits per heavy atom. The summed E-state index contributed by atoms with van der Waals surface area (Å²) in [5.41, 5.74) is 3.28. The fourth-order valence-corrected chi connectivity index (χ4v) is 2.46. The fourth-order valence-electron chi connectivity index (χ4n) is 2.46. The summed E-state index contributed by atoms with van der Waals surface area (Å²) in [5.74, 6) is -0.571. The minimum atomic E-state index is -0.933. The largest absolute Gasteiger partial charge is 0.449 e. The molecule has 2 aromatic carbocycles. The van der Waals surface area contributed by atoms with E-state index in [1.165, 1.54) is 18.9 Å². The lowest BCUT2D eigenvalue weighted by Gasteiger charge is -2.14. The van der Waals surface area contributed by atoms with E-state index in [1.54, 1.807) is 18.2 Å². The molecular formula is C20H20N2O4. The highest BCUT2D eigenvalue weighted by Gasteiger charge is 2.19. The number of rotatable bonds is 5. The van der Waals surface area contributed by atoms with Crippen LogP contribution in [-0.4, -0.2) is 23.0 Å². The molecule has 0 saturated heterocycles. The lowest BCUT2D eigenvalue weighted by atomic mass is 10.0. The predicted octanol–water partition coefficient (Wildman–Crippen LogP) is 4.14. The second kappa shape index (κ2) is 7.39. The molecule has 3 aromatic rings. The Kier molecular flexibility index (Phi) is 5.02. The zero-order valence-electron chi connectivity index (χ0n) is 14.9. The molecule has 6 heteroatoms. The van der Waals surface area contributed by atoms with E-state index in [0.29, 0.717) is 28.3 Å². The van der Waals surface area contributed by atoms with Gasteiger partial charge >= 0.3 is 5.97 Å².